The summed E-state index contributed by atoms with van der Waals surface area (Å²) in [7, 11) is -3.83. The summed E-state index contributed by atoms with van der Waals surface area (Å²) < 4.78 is 28.2. The van der Waals surface area contributed by atoms with Gasteiger partial charge in [0.05, 0.1) is 16.8 Å². The van der Waals surface area contributed by atoms with Crippen LogP contribution in [0.15, 0.2) is 45.9 Å². The number of halogens is 1. The second-order valence-corrected chi connectivity index (χ2v) is 8.96. The largest absolute Gasteiger partial charge is 0.478 e. The van der Waals surface area contributed by atoms with Crippen LogP contribution in [0.4, 0.5) is 11.5 Å². The van der Waals surface area contributed by atoms with Gasteiger partial charge in [-0.3, -0.25) is 4.72 Å². The molecule has 0 radical (unpaired) electrons. The van der Waals surface area contributed by atoms with Gasteiger partial charge in [-0.2, -0.15) is 0 Å². The first-order chi connectivity index (χ1) is 12.9. The SMILES string of the molecule is O=C(O)c1cc(NS(=O)(=O)c2ccc(Br)cc2)cnc1N1CCCCCC1. The lowest BCUT2D eigenvalue weighted by Gasteiger charge is -2.23. The van der Waals surface area contributed by atoms with E-state index >= 15 is 0 Å². The molecule has 0 aliphatic carbocycles. The molecule has 0 amide bonds. The predicted octanol–water partition coefficient (Wildman–Crippen LogP) is 3.72. The first-order valence-electron chi connectivity index (χ1n) is 8.63. The van der Waals surface area contributed by atoms with Crippen LogP contribution < -0.4 is 9.62 Å². The lowest BCUT2D eigenvalue weighted by molar-refractivity contribution is 0.0697. The minimum Gasteiger partial charge on any atom is -0.478 e. The molecule has 0 atom stereocenters. The maximum atomic E-state index is 12.5. The third-order valence-electron chi connectivity index (χ3n) is 4.38. The van der Waals surface area contributed by atoms with Crippen molar-refractivity contribution in [1.29, 1.82) is 0 Å². The average molecular weight is 454 g/mol. The number of nitrogens with zero attached hydrogens (tertiary/aromatic N) is 2. The van der Waals surface area contributed by atoms with E-state index in [1.807, 2.05) is 4.90 Å². The Labute approximate surface area is 166 Å². The molecule has 2 aromatic rings. The Morgan fingerprint density at radius 3 is 2.33 bits per heavy atom. The highest BCUT2D eigenvalue weighted by Crippen LogP contribution is 2.26. The van der Waals surface area contributed by atoms with Gasteiger partial charge in [0.1, 0.15) is 11.4 Å². The number of rotatable bonds is 5. The number of aromatic carboxylic acids is 1. The molecule has 2 N–H and O–H groups in total. The van der Waals surface area contributed by atoms with Crippen LogP contribution in [0.1, 0.15) is 36.0 Å². The summed E-state index contributed by atoms with van der Waals surface area (Å²) >= 11 is 3.26. The molecule has 27 heavy (non-hydrogen) atoms. The second kappa shape index (κ2) is 8.26. The predicted molar refractivity (Wildman–Crippen MR) is 107 cm³/mol. The Bertz CT molecular complexity index is 924. The highest BCUT2D eigenvalue weighted by atomic mass is 79.9. The molecule has 0 spiro atoms. The van der Waals surface area contributed by atoms with Crippen LogP contribution in [0, 0.1) is 0 Å². The van der Waals surface area contributed by atoms with Crippen molar-refractivity contribution in [3.63, 3.8) is 0 Å². The standard InChI is InChI=1S/C18H20BrN3O4S/c19-13-5-7-15(8-6-13)27(25,26)21-14-11-16(18(23)24)17(20-12-14)22-9-3-1-2-4-10-22/h5-8,11-12,21H,1-4,9-10H2,(H,23,24). The minimum absolute atomic E-state index is 0.00657. The van der Waals surface area contributed by atoms with Crippen LogP contribution in [0.25, 0.3) is 0 Å². The Morgan fingerprint density at radius 2 is 1.74 bits per heavy atom. The maximum absolute atomic E-state index is 12.5. The number of hydrogen-bond donors (Lipinski definition) is 2. The molecule has 1 aromatic carbocycles. The van der Waals surface area contributed by atoms with Gasteiger partial charge in [-0.1, -0.05) is 28.8 Å². The van der Waals surface area contributed by atoms with Crippen molar-refractivity contribution in [3.8, 4) is 0 Å². The molecule has 1 aliphatic heterocycles. The number of carboxylic acids is 1. The molecule has 0 unspecified atom stereocenters. The zero-order valence-electron chi connectivity index (χ0n) is 14.6. The van der Waals surface area contributed by atoms with Gasteiger partial charge in [0, 0.05) is 17.6 Å². The highest BCUT2D eigenvalue weighted by Gasteiger charge is 2.21. The Kier molecular flexibility index (Phi) is 6.01. The summed E-state index contributed by atoms with van der Waals surface area (Å²) in [5, 5.41) is 9.59. The van der Waals surface area contributed by atoms with Gasteiger partial charge in [-0.15, -0.1) is 0 Å². The summed E-state index contributed by atoms with van der Waals surface area (Å²) in [5.41, 5.74) is 0.113. The van der Waals surface area contributed by atoms with Crippen molar-refractivity contribution < 1.29 is 18.3 Å². The average Bonchev–Trinajstić information content (AvgIpc) is 2.91. The maximum Gasteiger partial charge on any atom is 0.339 e. The molecule has 0 saturated carbocycles. The first kappa shape index (κ1) is 19.6. The number of benzene rings is 1. The zero-order chi connectivity index (χ0) is 19.4. The Morgan fingerprint density at radius 1 is 1.11 bits per heavy atom. The lowest BCUT2D eigenvalue weighted by atomic mass is 10.2. The van der Waals surface area contributed by atoms with E-state index < -0.39 is 16.0 Å². The van der Waals surface area contributed by atoms with Crippen LogP contribution in [0.2, 0.25) is 0 Å². The van der Waals surface area contributed by atoms with E-state index in [1.165, 1.54) is 24.4 Å². The van der Waals surface area contributed by atoms with E-state index in [0.29, 0.717) is 5.82 Å². The van der Waals surface area contributed by atoms with Crippen molar-refractivity contribution in [2.24, 2.45) is 0 Å². The number of carboxylic acid groups (broad SMARTS) is 1. The molecule has 9 heteroatoms. The molecular weight excluding hydrogens is 434 g/mol. The molecule has 0 bridgehead atoms. The molecule has 1 aliphatic rings. The summed E-state index contributed by atoms with van der Waals surface area (Å²) in [4.78, 5) is 18.0. The summed E-state index contributed by atoms with van der Waals surface area (Å²) in [6.45, 7) is 1.49. The number of carbonyl (C=O) groups is 1. The second-order valence-electron chi connectivity index (χ2n) is 6.36. The van der Waals surface area contributed by atoms with Crippen LogP contribution in [-0.2, 0) is 10.0 Å². The van der Waals surface area contributed by atoms with E-state index in [0.717, 1.165) is 43.2 Å². The number of anilines is 2. The quantitative estimate of drug-likeness (QED) is 0.715. The van der Waals surface area contributed by atoms with Gasteiger partial charge in [0.25, 0.3) is 10.0 Å². The van der Waals surface area contributed by atoms with Crippen molar-refractivity contribution in [3.05, 3.63) is 46.6 Å². The fourth-order valence-corrected chi connectivity index (χ4v) is 4.33. The molecule has 2 heterocycles. The summed E-state index contributed by atoms with van der Waals surface area (Å²) in [5.74, 6) is -0.748. The third-order valence-corrected chi connectivity index (χ3v) is 6.30. The highest BCUT2D eigenvalue weighted by molar-refractivity contribution is 9.10. The van der Waals surface area contributed by atoms with Crippen LogP contribution >= 0.6 is 15.9 Å². The van der Waals surface area contributed by atoms with Gasteiger partial charge in [-0.05, 0) is 43.2 Å². The minimum atomic E-state index is -3.83. The molecule has 7 nitrogen and oxygen atoms in total. The molecule has 3 rings (SSSR count). The van der Waals surface area contributed by atoms with Crippen molar-refractivity contribution in [1.82, 2.24) is 4.98 Å². The van der Waals surface area contributed by atoms with Crippen LogP contribution in [0.5, 0.6) is 0 Å². The van der Waals surface area contributed by atoms with E-state index in [4.69, 9.17) is 0 Å². The summed E-state index contributed by atoms with van der Waals surface area (Å²) in [6, 6.07) is 7.49. The third kappa shape index (κ3) is 4.78. The van der Waals surface area contributed by atoms with Gasteiger partial charge >= 0.3 is 5.97 Å². The van der Waals surface area contributed by atoms with E-state index in [-0.39, 0.29) is 16.1 Å². The topological polar surface area (TPSA) is 99.6 Å². The molecular formula is C18H20BrN3O4S. The Hall–Kier alpha value is -2.13. The first-order valence-corrected chi connectivity index (χ1v) is 10.9. The number of hydrogen-bond acceptors (Lipinski definition) is 5. The van der Waals surface area contributed by atoms with Crippen LogP contribution in [0.3, 0.4) is 0 Å². The van der Waals surface area contributed by atoms with Crippen molar-refractivity contribution >= 4 is 43.4 Å². The molecule has 1 saturated heterocycles. The molecule has 1 aromatic heterocycles. The number of nitrogens with one attached hydrogen (secondary N) is 1. The van der Waals surface area contributed by atoms with Gasteiger partial charge in [-0.25, -0.2) is 18.2 Å². The number of pyridine rings is 1. The normalized spacial score (nSPS) is 15.2. The van der Waals surface area contributed by atoms with Crippen LogP contribution in [-0.4, -0.2) is 37.6 Å². The van der Waals surface area contributed by atoms with E-state index in [2.05, 4.69) is 25.6 Å². The van der Waals surface area contributed by atoms with E-state index in [1.54, 1.807) is 12.1 Å². The van der Waals surface area contributed by atoms with Gasteiger partial charge in [0.2, 0.25) is 0 Å². The van der Waals surface area contributed by atoms with Crippen molar-refractivity contribution in [2.75, 3.05) is 22.7 Å². The number of aromatic nitrogens is 1. The number of sulfonamides is 1. The fraction of sp³-hybridized carbons (Fsp3) is 0.333. The van der Waals surface area contributed by atoms with Gasteiger partial charge < -0.3 is 10.0 Å². The Balaban J connectivity index is 1.89. The molecule has 1 fully saturated rings. The van der Waals surface area contributed by atoms with Crippen molar-refractivity contribution in [2.45, 2.75) is 30.6 Å². The molecule has 144 valence electrons. The lowest BCUT2D eigenvalue weighted by Crippen LogP contribution is -2.27. The monoisotopic (exact) mass is 453 g/mol. The van der Waals surface area contributed by atoms with E-state index in [9.17, 15) is 18.3 Å². The smallest absolute Gasteiger partial charge is 0.339 e. The fourth-order valence-electron chi connectivity index (χ4n) is 3.03. The zero-order valence-corrected chi connectivity index (χ0v) is 17.0. The van der Waals surface area contributed by atoms with Gasteiger partial charge in [0.15, 0.2) is 0 Å². The summed E-state index contributed by atoms with van der Waals surface area (Å²) in [6.07, 6.45) is 5.56.